The number of hydrogen-bond acceptors (Lipinski definition) is 4. The molecule has 0 atom stereocenters. The molecule has 1 rings (SSSR count). The Morgan fingerprint density at radius 3 is 2.68 bits per heavy atom. The number of rotatable bonds is 4. The Morgan fingerprint density at radius 1 is 1.53 bits per heavy atom. The molecule has 0 radical (unpaired) electrons. The number of pyridine rings is 1. The van der Waals surface area contributed by atoms with Crippen LogP contribution in [0.5, 0.6) is 0 Å². The predicted molar refractivity (Wildman–Crippen MR) is 70.0 cm³/mol. The van der Waals surface area contributed by atoms with Crippen LogP contribution in [0.3, 0.4) is 0 Å². The molecule has 0 bridgehead atoms. The van der Waals surface area contributed by atoms with Crippen LogP contribution < -0.4 is 16.6 Å². The zero-order chi connectivity index (χ0) is 14.6. The molecule has 4 N–H and O–H groups in total. The number of hydrogen-bond donors (Lipinski definition) is 3. The highest BCUT2D eigenvalue weighted by atomic mass is 16.4. The lowest BCUT2D eigenvalue weighted by Gasteiger charge is -2.16. The minimum absolute atomic E-state index is 0.0864. The van der Waals surface area contributed by atoms with Crippen molar-refractivity contribution in [2.75, 3.05) is 24.1 Å². The number of nitrogens with zero attached hydrogens (tertiary/aromatic N) is 2. The van der Waals surface area contributed by atoms with E-state index in [-0.39, 0.29) is 24.5 Å². The maximum absolute atomic E-state index is 11.7. The number of carboxylic acid groups (broad SMARTS) is 1. The van der Waals surface area contributed by atoms with Gasteiger partial charge in [-0.2, -0.15) is 0 Å². The van der Waals surface area contributed by atoms with E-state index in [1.165, 1.54) is 23.9 Å². The molecular weight excluding hydrogens is 252 g/mol. The fourth-order valence-electron chi connectivity index (χ4n) is 1.44. The molecule has 0 aromatic carbocycles. The molecule has 1 heterocycles. The van der Waals surface area contributed by atoms with E-state index in [2.05, 4.69) is 5.32 Å². The lowest BCUT2D eigenvalue weighted by molar-refractivity contribution is -0.117. The molecule has 1 aromatic heterocycles. The van der Waals surface area contributed by atoms with E-state index in [0.29, 0.717) is 0 Å². The van der Waals surface area contributed by atoms with Gasteiger partial charge in [0.15, 0.2) is 0 Å². The molecule has 8 nitrogen and oxygen atoms in total. The third-order valence-electron chi connectivity index (χ3n) is 2.57. The van der Waals surface area contributed by atoms with Crippen LogP contribution in [0.1, 0.15) is 6.92 Å². The van der Waals surface area contributed by atoms with E-state index in [4.69, 9.17) is 10.8 Å². The summed E-state index contributed by atoms with van der Waals surface area (Å²) in [6, 6.07) is 1.48. The Kier molecular flexibility index (Phi) is 4.51. The highest BCUT2D eigenvalue weighted by Crippen LogP contribution is 2.12. The average Bonchev–Trinajstić information content (AvgIpc) is 2.36. The summed E-state index contributed by atoms with van der Waals surface area (Å²) in [5.41, 5.74) is 5.24. The highest BCUT2D eigenvalue weighted by Gasteiger charge is 2.15. The Hall–Kier alpha value is -2.51. The molecule has 0 spiro atoms. The molecule has 0 saturated heterocycles. The first kappa shape index (κ1) is 14.6. The van der Waals surface area contributed by atoms with Gasteiger partial charge < -0.3 is 20.7 Å². The Balaban J connectivity index is 2.81. The van der Waals surface area contributed by atoms with Gasteiger partial charge in [-0.3, -0.25) is 14.5 Å². The predicted octanol–water partition coefficient (Wildman–Crippen LogP) is -0.0941. The second kappa shape index (κ2) is 5.89. The summed E-state index contributed by atoms with van der Waals surface area (Å²) in [6.07, 6.45) is 0.276. The topological polar surface area (TPSA) is 118 Å². The van der Waals surface area contributed by atoms with Crippen LogP contribution in [0, 0.1) is 0 Å². The summed E-state index contributed by atoms with van der Waals surface area (Å²) in [6.45, 7) is 1.49. The molecule has 0 aliphatic rings. The van der Waals surface area contributed by atoms with Crippen molar-refractivity contribution in [3.63, 3.8) is 0 Å². The molecule has 104 valence electrons. The van der Waals surface area contributed by atoms with Crippen molar-refractivity contribution in [1.29, 1.82) is 0 Å². The molecular formula is C11H16N4O4. The van der Waals surface area contributed by atoms with Crippen molar-refractivity contribution in [3.05, 3.63) is 22.6 Å². The van der Waals surface area contributed by atoms with Crippen LogP contribution in [-0.2, 0) is 11.8 Å². The summed E-state index contributed by atoms with van der Waals surface area (Å²) >= 11 is 0. The number of aryl methyl sites for hydroxylation is 1. The highest BCUT2D eigenvalue weighted by molar-refractivity contribution is 5.96. The van der Waals surface area contributed by atoms with Crippen LogP contribution in [-0.4, -0.2) is 39.7 Å². The fourth-order valence-corrected chi connectivity index (χ4v) is 1.44. The number of carbonyl (C=O) groups is 2. The number of carbonyl (C=O) groups excluding carboxylic acids is 1. The molecule has 1 aromatic rings. The average molecular weight is 268 g/mol. The van der Waals surface area contributed by atoms with Gasteiger partial charge in [0.2, 0.25) is 5.91 Å². The molecule has 0 fully saturated rings. The van der Waals surface area contributed by atoms with Crippen molar-refractivity contribution < 1.29 is 14.7 Å². The zero-order valence-electron chi connectivity index (χ0n) is 10.7. The third kappa shape index (κ3) is 3.47. The van der Waals surface area contributed by atoms with Gasteiger partial charge in [0, 0.05) is 19.8 Å². The molecule has 8 heteroatoms. The minimum Gasteiger partial charge on any atom is -0.465 e. The van der Waals surface area contributed by atoms with Crippen LogP contribution >= 0.6 is 0 Å². The minimum atomic E-state index is -1.19. The maximum atomic E-state index is 11.7. The summed E-state index contributed by atoms with van der Waals surface area (Å²) in [7, 11) is 1.54. The normalized spacial score (nSPS) is 10.0. The number of nitrogen functional groups attached to an aromatic ring is 1. The van der Waals surface area contributed by atoms with Crippen molar-refractivity contribution in [2.24, 2.45) is 7.05 Å². The van der Waals surface area contributed by atoms with Crippen LogP contribution in [0.2, 0.25) is 0 Å². The van der Waals surface area contributed by atoms with Crippen LogP contribution in [0.15, 0.2) is 17.1 Å². The third-order valence-corrected chi connectivity index (χ3v) is 2.57. The zero-order valence-corrected chi connectivity index (χ0v) is 10.7. The number of nitrogens with two attached hydrogens (primary N) is 1. The first-order valence-electron chi connectivity index (χ1n) is 5.59. The second-order valence-corrected chi connectivity index (χ2v) is 3.90. The van der Waals surface area contributed by atoms with Crippen molar-refractivity contribution in [1.82, 2.24) is 9.47 Å². The van der Waals surface area contributed by atoms with Gasteiger partial charge in [0.05, 0.1) is 5.69 Å². The van der Waals surface area contributed by atoms with Gasteiger partial charge >= 0.3 is 6.09 Å². The summed E-state index contributed by atoms with van der Waals surface area (Å²) < 4.78 is 1.28. The Bertz CT molecular complexity index is 552. The summed E-state index contributed by atoms with van der Waals surface area (Å²) in [4.78, 5) is 34.9. The van der Waals surface area contributed by atoms with Gasteiger partial charge in [0.1, 0.15) is 12.2 Å². The number of aromatic nitrogens is 1. The van der Waals surface area contributed by atoms with E-state index >= 15 is 0 Å². The standard InChI is InChI=1S/C11H16N4O4/c1-3-15(11(18)19)6-8(16)13-7-4-5-14(2)10(17)9(7)12/h4-5H,3,6,12H2,1-2H3,(H,13,16)(H,18,19). The van der Waals surface area contributed by atoms with Crippen molar-refractivity contribution in [3.8, 4) is 0 Å². The molecule has 0 saturated carbocycles. The summed E-state index contributed by atoms with van der Waals surface area (Å²) in [5.74, 6) is -0.552. The number of likely N-dealkylation sites (N-methyl/N-ethyl adjacent to an activating group) is 1. The van der Waals surface area contributed by atoms with E-state index in [0.717, 1.165) is 4.90 Å². The van der Waals surface area contributed by atoms with E-state index in [1.807, 2.05) is 0 Å². The SMILES string of the molecule is CCN(CC(=O)Nc1ccn(C)c(=O)c1N)C(=O)O. The lowest BCUT2D eigenvalue weighted by atomic mass is 10.3. The van der Waals surface area contributed by atoms with E-state index in [9.17, 15) is 14.4 Å². The van der Waals surface area contributed by atoms with Gasteiger partial charge in [-0.25, -0.2) is 4.79 Å². The monoisotopic (exact) mass is 268 g/mol. The van der Waals surface area contributed by atoms with Gasteiger partial charge in [-0.15, -0.1) is 0 Å². The van der Waals surface area contributed by atoms with Gasteiger partial charge in [-0.05, 0) is 13.0 Å². The quantitative estimate of drug-likeness (QED) is 0.705. The number of anilines is 2. The van der Waals surface area contributed by atoms with Crippen molar-refractivity contribution >= 4 is 23.4 Å². The first-order valence-corrected chi connectivity index (χ1v) is 5.59. The molecule has 2 amide bonds. The van der Waals surface area contributed by atoms with Crippen molar-refractivity contribution in [2.45, 2.75) is 6.92 Å². The lowest BCUT2D eigenvalue weighted by Crippen LogP contribution is -2.37. The van der Waals surface area contributed by atoms with E-state index in [1.54, 1.807) is 6.92 Å². The largest absolute Gasteiger partial charge is 0.465 e. The van der Waals surface area contributed by atoms with Crippen LogP contribution in [0.4, 0.5) is 16.2 Å². The molecule has 0 unspecified atom stereocenters. The number of nitrogens with one attached hydrogen (secondary N) is 1. The molecule has 0 aliphatic carbocycles. The molecule has 19 heavy (non-hydrogen) atoms. The van der Waals surface area contributed by atoms with E-state index < -0.39 is 17.6 Å². The smallest absolute Gasteiger partial charge is 0.407 e. The molecule has 0 aliphatic heterocycles. The fraction of sp³-hybridized carbons (Fsp3) is 0.364. The first-order chi connectivity index (χ1) is 8.86. The Morgan fingerprint density at radius 2 is 2.16 bits per heavy atom. The van der Waals surface area contributed by atoms with Crippen LogP contribution in [0.25, 0.3) is 0 Å². The Labute approximate surface area is 109 Å². The summed E-state index contributed by atoms with van der Waals surface area (Å²) in [5, 5.41) is 11.2. The second-order valence-electron chi connectivity index (χ2n) is 3.90. The maximum Gasteiger partial charge on any atom is 0.407 e. The van der Waals surface area contributed by atoms with Gasteiger partial charge in [0.25, 0.3) is 5.56 Å². The number of amides is 2. The van der Waals surface area contributed by atoms with Gasteiger partial charge in [-0.1, -0.05) is 0 Å².